The van der Waals surface area contributed by atoms with Crippen LogP contribution in [0.5, 0.6) is 5.75 Å². The SMILES string of the molecule is O=c1cc(O)c(=O)c2oc1=2. The highest BCUT2D eigenvalue weighted by Crippen LogP contribution is 2.02. The molecule has 0 aromatic rings. The predicted octanol–water partition coefficient (Wildman–Crippen LogP) is -0.694. The van der Waals surface area contributed by atoms with Crippen LogP contribution in [0, 0.1) is 10.8 Å². The Morgan fingerprint density at radius 3 is 2.70 bits per heavy atom. The van der Waals surface area contributed by atoms with Crippen LogP contribution >= 0.6 is 0 Å². The molecule has 1 heterocycles. The van der Waals surface area contributed by atoms with Gasteiger partial charge in [-0.3, -0.25) is 9.59 Å². The van der Waals surface area contributed by atoms with Crippen molar-refractivity contribution in [2.75, 3.05) is 0 Å². The maximum atomic E-state index is 10.7. The molecule has 0 fully saturated rings. The van der Waals surface area contributed by atoms with Crippen molar-refractivity contribution < 1.29 is 9.52 Å². The Balaban J connectivity index is 3.19. The van der Waals surface area contributed by atoms with Crippen molar-refractivity contribution in [2.24, 2.45) is 0 Å². The predicted molar refractivity (Wildman–Crippen MR) is 30.6 cm³/mol. The maximum Gasteiger partial charge on any atom is 0.266 e. The quantitative estimate of drug-likeness (QED) is 0.523. The Morgan fingerprint density at radius 1 is 1.30 bits per heavy atom. The zero-order chi connectivity index (χ0) is 7.30. The molecule has 1 aliphatic heterocycles. The first-order chi connectivity index (χ1) is 4.70. The lowest BCUT2D eigenvalue weighted by Crippen LogP contribution is -2.04. The van der Waals surface area contributed by atoms with Gasteiger partial charge in [0.2, 0.25) is 16.3 Å². The summed E-state index contributed by atoms with van der Waals surface area (Å²) >= 11 is 0. The summed E-state index contributed by atoms with van der Waals surface area (Å²) in [6, 6.07) is 0.855. The summed E-state index contributed by atoms with van der Waals surface area (Å²) in [5.74, 6) is -0.541. The molecule has 1 aliphatic carbocycles. The van der Waals surface area contributed by atoms with Crippen molar-refractivity contribution in [3.8, 4) is 5.75 Å². The molecule has 0 atom stereocenters. The summed E-state index contributed by atoms with van der Waals surface area (Å²) < 4.78 is 4.49. The van der Waals surface area contributed by atoms with Gasteiger partial charge in [-0.05, 0) is 0 Å². The molecule has 1 N–H and O–H groups in total. The molecule has 10 heavy (non-hydrogen) atoms. The Morgan fingerprint density at radius 2 is 2.00 bits per heavy atom. The van der Waals surface area contributed by atoms with Crippen molar-refractivity contribution >= 4 is 0 Å². The van der Waals surface area contributed by atoms with Gasteiger partial charge in [-0.1, -0.05) is 0 Å². The van der Waals surface area contributed by atoms with Gasteiger partial charge in [-0.2, -0.15) is 0 Å². The van der Waals surface area contributed by atoms with Crippen molar-refractivity contribution in [1.82, 2.24) is 0 Å². The molecule has 0 bridgehead atoms. The number of hydrogen-bond donors (Lipinski definition) is 1. The van der Waals surface area contributed by atoms with Gasteiger partial charge < -0.3 is 9.52 Å². The van der Waals surface area contributed by atoms with E-state index in [1.165, 1.54) is 0 Å². The van der Waals surface area contributed by atoms with E-state index in [0.29, 0.717) is 0 Å². The van der Waals surface area contributed by atoms with E-state index < -0.39 is 16.6 Å². The third-order valence-corrected chi connectivity index (χ3v) is 1.30. The molecule has 2 aliphatic rings. The van der Waals surface area contributed by atoms with Crippen molar-refractivity contribution in [3.63, 3.8) is 0 Å². The van der Waals surface area contributed by atoms with Gasteiger partial charge in [-0.25, -0.2) is 0 Å². The van der Waals surface area contributed by atoms with Gasteiger partial charge in [0.1, 0.15) is 0 Å². The van der Waals surface area contributed by atoms with Crippen LogP contribution in [0.3, 0.4) is 0 Å². The summed E-state index contributed by atoms with van der Waals surface area (Å²) in [6.07, 6.45) is 0. The first-order valence-electron chi connectivity index (χ1n) is 2.62. The summed E-state index contributed by atoms with van der Waals surface area (Å²) in [7, 11) is 0. The van der Waals surface area contributed by atoms with E-state index in [-0.39, 0.29) is 10.8 Å². The molecule has 0 aromatic carbocycles. The lowest BCUT2D eigenvalue weighted by atomic mass is 10.3. The third-order valence-electron chi connectivity index (χ3n) is 1.30. The van der Waals surface area contributed by atoms with Crippen LogP contribution in [0.2, 0.25) is 0 Å². The second-order valence-corrected chi connectivity index (χ2v) is 1.98. The van der Waals surface area contributed by atoms with Crippen LogP contribution in [0.15, 0.2) is 20.1 Å². The summed E-state index contributed by atoms with van der Waals surface area (Å²) in [4.78, 5) is 21.3. The van der Waals surface area contributed by atoms with Crippen LogP contribution in [0.1, 0.15) is 0 Å². The molecule has 2 rings (SSSR count). The highest BCUT2D eigenvalue weighted by molar-refractivity contribution is 5.21. The number of hydrogen-bond acceptors (Lipinski definition) is 4. The molecule has 0 saturated heterocycles. The van der Waals surface area contributed by atoms with E-state index in [1.807, 2.05) is 0 Å². The van der Waals surface area contributed by atoms with Crippen molar-refractivity contribution in [3.05, 3.63) is 37.3 Å². The van der Waals surface area contributed by atoms with Crippen molar-refractivity contribution in [2.45, 2.75) is 0 Å². The minimum atomic E-state index is -0.602. The molecule has 0 unspecified atom stereocenters. The maximum absolute atomic E-state index is 10.7. The Bertz CT molecular complexity index is 497. The van der Waals surface area contributed by atoms with E-state index in [2.05, 4.69) is 4.42 Å². The van der Waals surface area contributed by atoms with Gasteiger partial charge in [-0.15, -0.1) is 0 Å². The topological polar surface area (TPSA) is 67.5 Å². The summed E-state index contributed by atoms with van der Waals surface area (Å²) in [5, 5.41) is 8.72. The standard InChI is InChI=1S/C6H2O4/c7-2-1-3(8)5-6(10-5)4(2)9/h1,7H. The van der Waals surface area contributed by atoms with Crippen LogP contribution in [0.25, 0.3) is 0 Å². The molecular weight excluding hydrogens is 136 g/mol. The molecule has 4 heteroatoms. The minimum Gasteiger partial charge on any atom is -0.504 e. The first kappa shape index (κ1) is 5.22. The zero-order valence-electron chi connectivity index (χ0n) is 4.75. The third kappa shape index (κ3) is 0.452. The van der Waals surface area contributed by atoms with Crippen LogP contribution in [-0.2, 0) is 0 Å². The highest BCUT2D eigenvalue weighted by atomic mass is 16.4. The average molecular weight is 138 g/mol. The largest absolute Gasteiger partial charge is 0.504 e. The molecule has 50 valence electrons. The molecule has 0 aromatic heterocycles. The minimum absolute atomic E-state index is 0.00926. The molecule has 0 spiro atoms. The normalized spacial score (nSPS) is 11.2. The van der Waals surface area contributed by atoms with Gasteiger partial charge in [0.15, 0.2) is 5.75 Å². The lowest BCUT2D eigenvalue weighted by Gasteiger charge is -1.76. The van der Waals surface area contributed by atoms with Crippen LogP contribution < -0.4 is 10.9 Å². The van der Waals surface area contributed by atoms with Gasteiger partial charge in [0, 0.05) is 6.07 Å². The number of rotatable bonds is 0. The van der Waals surface area contributed by atoms with E-state index in [4.69, 9.17) is 5.11 Å². The molecule has 0 saturated carbocycles. The van der Waals surface area contributed by atoms with E-state index in [0.717, 1.165) is 6.07 Å². The molecule has 0 radical (unpaired) electrons. The molecule has 0 amide bonds. The summed E-state index contributed by atoms with van der Waals surface area (Å²) in [6.45, 7) is 0. The first-order valence-corrected chi connectivity index (χ1v) is 2.62. The summed E-state index contributed by atoms with van der Waals surface area (Å²) in [5.41, 5.74) is -0.977. The number of aromatic hydroxyl groups is 1. The van der Waals surface area contributed by atoms with Crippen LogP contribution in [0.4, 0.5) is 0 Å². The smallest absolute Gasteiger partial charge is 0.266 e. The molecule has 4 nitrogen and oxygen atoms in total. The fourth-order valence-electron chi connectivity index (χ4n) is 0.760. The Labute approximate surface area is 53.7 Å². The van der Waals surface area contributed by atoms with Gasteiger partial charge >= 0.3 is 0 Å². The fourth-order valence-corrected chi connectivity index (χ4v) is 0.760. The van der Waals surface area contributed by atoms with Gasteiger partial charge in [0.05, 0.1) is 0 Å². The molecular formula is C6H2O4. The van der Waals surface area contributed by atoms with Crippen molar-refractivity contribution in [1.29, 1.82) is 0 Å². The van der Waals surface area contributed by atoms with Crippen LogP contribution in [-0.4, -0.2) is 5.11 Å². The monoisotopic (exact) mass is 138 g/mol. The average Bonchev–Trinajstić information content (AvgIpc) is 2.61. The highest BCUT2D eigenvalue weighted by Gasteiger charge is 2.13. The van der Waals surface area contributed by atoms with Gasteiger partial charge in [0.25, 0.3) is 5.43 Å². The Kier molecular flexibility index (Phi) is 0.672. The van der Waals surface area contributed by atoms with E-state index >= 15 is 0 Å². The second-order valence-electron chi connectivity index (χ2n) is 1.98. The second kappa shape index (κ2) is 1.29. The Hall–Kier alpha value is -1.58. The van der Waals surface area contributed by atoms with E-state index in [9.17, 15) is 9.59 Å². The fraction of sp³-hybridized carbons (Fsp3) is 0. The zero-order valence-corrected chi connectivity index (χ0v) is 4.75. The lowest BCUT2D eigenvalue weighted by molar-refractivity contribution is 0.468. The van der Waals surface area contributed by atoms with E-state index in [1.54, 1.807) is 0 Å².